The average Bonchev–Trinajstić information content (AvgIpc) is 2.21. The third-order valence-corrected chi connectivity index (χ3v) is 1.93. The zero-order chi connectivity index (χ0) is 10.2. The Morgan fingerprint density at radius 3 is 2.14 bits per heavy atom. The highest BCUT2D eigenvalue weighted by Gasteiger charge is 2.01. The Bertz CT molecular complexity index is 232. The molecule has 3 N–H and O–H groups in total. The molecule has 0 saturated carbocycles. The molecule has 0 bridgehead atoms. The first kappa shape index (κ1) is 10.9. The van der Waals surface area contributed by atoms with Crippen LogP contribution in [0.1, 0.15) is 0 Å². The summed E-state index contributed by atoms with van der Waals surface area (Å²) in [6, 6.07) is 1.72. The van der Waals surface area contributed by atoms with Crippen LogP contribution in [-0.4, -0.2) is 48.1 Å². The summed E-state index contributed by atoms with van der Waals surface area (Å²) in [4.78, 5) is 9.62. The standard InChI is InChI=1S/C5H12N2.C4H5N3/c1-7-4-2-6-3-5-7;5-4-6-2-1-3-7-4/h6H,2-5H2,1H3;1-3H,(H2,5,6,7). The van der Waals surface area contributed by atoms with E-state index in [4.69, 9.17) is 5.73 Å². The molecule has 1 aromatic heterocycles. The summed E-state index contributed by atoms with van der Waals surface area (Å²) in [7, 11) is 2.15. The van der Waals surface area contributed by atoms with Crippen molar-refractivity contribution in [2.75, 3.05) is 39.0 Å². The van der Waals surface area contributed by atoms with E-state index in [1.54, 1.807) is 18.5 Å². The minimum Gasteiger partial charge on any atom is -0.368 e. The maximum absolute atomic E-state index is 5.14. The molecule has 0 spiro atoms. The lowest BCUT2D eigenvalue weighted by atomic mass is 10.4. The predicted molar refractivity (Wildman–Crippen MR) is 56.8 cm³/mol. The Balaban J connectivity index is 0.000000140. The number of likely N-dealkylation sites (N-methyl/N-ethyl adjacent to an activating group) is 1. The summed E-state index contributed by atoms with van der Waals surface area (Å²) in [5.74, 6) is 0.322. The van der Waals surface area contributed by atoms with Crippen LogP contribution >= 0.6 is 0 Å². The summed E-state index contributed by atoms with van der Waals surface area (Å²) < 4.78 is 0. The molecule has 1 aliphatic heterocycles. The van der Waals surface area contributed by atoms with Crippen LogP contribution in [0.15, 0.2) is 18.5 Å². The van der Waals surface area contributed by atoms with E-state index in [9.17, 15) is 0 Å². The number of rotatable bonds is 0. The van der Waals surface area contributed by atoms with Crippen molar-refractivity contribution in [2.24, 2.45) is 0 Å². The van der Waals surface area contributed by atoms with Crippen molar-refractivity contribution < 1.29 is 0 Å². The molecule has 1 saturated heterocycles. The Labute approximate surface area is 84.3 Å². The normalized spacial score (nSPS) is 16.9. The van der Waals surface area contributed by atoms with Crippen LogP contribution in [0.3, 0.4) is 0 Å². The zero-order valence-electron chi connectivity index (χ0n) is 8.48. The van der Waals surface area contributed by atoms with Crippen LogP contribution < -0.4 is 11.1 Å². The summed E-state index contributed by atoms with van der Waals surface area (Å²) in [6.07, 6.45) is 3.20. The first-order valence-corrected chi connectivity index (χ1v) is 4.71. The number of nitrogens with zero attached hydrogens (tertiary/aromatic N) is 3. The Morgan fingerprint density at radius 2 is 1.86 bits per heavy atom. The SMILES string of the molecule is CN1CCNCC1.Nc1ncccn1. The first-order valence-electron chi connectivity index (χ1n) is 4.71. The third kappa shape index (κ3) is 4.74. The first-order chi connectivity index (χ1) is 6.79. The molecule has 1 aromatic rings. The number of nitrogens with two attached hydrogens (primary N) is 1. The van der Waals surface area contributed by atoms with Crippen LogP contribution in [0.2, 0.25) is 0 Å². The molecule has 78 valence electrons. The molecule has 2 heterocycles. The van der Waals surface area contributed by atoms with E-state index in [1.807, 2.05) is 0 Å². The second kappa shape index (κ2) is 6.28. The molecule has 2 rings (SSSR count). The fourth-order valence-electron chi connectivity index (χ4n) is 1.09. The lowest BCUT2D eigenvalue weighted by Crippen LogP contribution is -2.40. The molecule has 1 fully saturated rings. The van der Waals surface area contributed by atoms with Crippen LogP contribution in [-0.2, 0) is 0 Å². The van der Waals surface area contributed by atoms with E-state index in [1.165, 1.54) is 13.1 Å². The van der Waals surface area contributed by atoms with Gasteiger partial charge in [0.05, 0.1) is 0 Å². The molecular weight excluding hydrogens is 178 g/mol. The Kier molecular flexibility index (Phi) is 4.88. The lowest BCUT2D eigenvalue weighted by Gasteiger charge is -2.21. The maximum atomic E-state index is 5.14. The number of hydrogen-bond donors (Lipinski definition) is 2. The minimum absolute atomic E-state index is 0.322. The number of aromatic nitrogens is 2. The van der Waals surface area contributed by atoms with Gasteiger partial charge in [-0.05, 0) is 13.1 Å². The van der Waals surface area contributed by atoms with Gasteiger partial charge in [-0.25, -0.2) is 9.97 Å². The van der Waals surface area contributed by atoms with E-state index in [0.29, 0.717) is 5.95 Å². The fourth-order valence-corrected chi connectivity index (χ4v) is 1.09. The quantitative estimate of drug-likeness (QED) is 0.588. The monoisotopic (exact) mass is 195 g/mol. The molecule has 14 heavy (non-hydrogen) atoms. The van der Waals surface area contributed by atoms with Gasteiger partial charge in [0.25, 0.3) is 0 Å². The molecular formula is C9H17N5. The summed E-state index contributed by atoms with van der Waals surface area (Å²) in [5.41, 5.74) is 5.14. The van der Waals surface area contributed by atoms with Gasteiger partial charge in [-0.1, -0.05) is 0 Å². The van der Waals surface area contributed by atoms with Gasteiger partial charge in [-0.15, -0.1) is 0 Å². The minimum atomic E-state index is 0.322. The van der Waals surface area contributed by atoms with Crippen molar-refractivity contribution in [1.29, 1.82) is 0 Å². The summed E-state index contributed by atoms with van der Waals surface area (Å²) >= 11 is 0. The molecule has 0 aliphatic carbocycles. The molecule has 0 radical (unpaired) electrons. The molecule has 1 aliphatic rings. The Morgan fingerprint density at radius 1 is 1.29 bits per heavy atom. The summed E-state index contributed by atoms with van der Waals surface area (Å²) in [5, 5.41) is 3.27. The number of hydrogen-bond acceptors (Lipinski definition) is 5. The van der Waals surface area contributed by atoms with Crippen molar-refractivity contribution in [3.63, 3.8) is 0 Å². The van der Waals surface area contributed by atoms with Gasteiger partial charge in [-0.3, -0.25) is 0 Å². The molecule has 0 amide bonds. The van der Waals surface area contributed by atoms with Crippen molar-refractivity contribution >= 4 is 5.95 Å². The van der Waals surface area contributed by atoms with Gasteiger partial charge in [-0.2, -0.15) is 0 Å². The fraction of sp³-hybridized carbons (Fsp3) is 0.556. The van der Waals surface area contributed by atoms with E-state index in [2.05, 4.69) is 27.2 Å². The predicted octanol–water partition coefficient (Wildman–Crippen LogP) is -0.420. The molecule has 0 unspecified atom stereocenters. The van der Waals surface area contributed by atoms with Gasteiger partial charge in [0.1, 0.15) is 0 Å². The zero-order valence-corrected chi connectivity index (χ0v) is 8.48. The van der Waals surface area contributed by atoms with Gasteiger partial charge in [0.2, 0.25) is 5.95 Å². The number of anilines is 1. The van der Waals surface area contributed by atoms with Crippen molar-refractivity contribution in [3.05, 3.63) is 18.5 Å². The van der Waals surface area contributed by atoms with E-state index < -0.39 is 0 Å². The van der Waals surface area contributed by atoms with Crippen molar-refractivity contribution in [3.8, 4) is 0 Å². The van der Waals surface area contributed by atoms with Gasteiger partial charge < -0.3 is 16.0 Å². The smallest absolute Gasteiger partial charge is 0.219 e. The van der Waals surface area contributed by atoms with Crippen LogP contribution in [0.4, 0.5) is 5.95 Å². The molecule has 0 atom stereocenters. The lowest BCUT2D eigenvalue weighted by molar-refractivity contribution is 0.291. The number of nitrogen functional groups attached to an aromatic ring is 1. The van der Waals surface area contributed by atoms with E-state index in [-0.39, 0.29) is 0 Å². The average molecular weight is 195 g/mol. The molecule has 5 nitrogen and oxygen atoms in total. The van der Waals surface area contributed by atoms with Crippen molar-refractivity contribution in [2.45, 2.75) is 0 Å². The van der Waals surface area contributed by atoms with E-state index >= 15 is 0 Å². The van der Waals surface area contributed by atoms with Crippen LogP contribution in [0, 0.1) is 0 Å². The second-order valence-corrected chi connectivity index (χ2v) is 3.16. The summed E-state index contributed by atoms with van der Waals surface area (Å²) in [6.45, 7) is 4.74. The topological polar surface area (TPSA) is 67.1 Å². The Hall–Kier alpha value is -1.20. The highest BCUT2D eigenvalue weighted by atomic mass is 15.2. The number of piperazine rings is 1. The van der Waals surface area contributed by atoms with Gasteiger partial charge in [0.15, 0.2) is 0 Å². The second-order valence-electron chi connectivity index (χ2n) is 3.16. The van der Waals surface area contributed by atoms with Crippen molar-refractivity contribution in [1.82, 2.24) is 20.2 Å². The molecule has 5 heteroatoms. The highest BCUT2D eigenvalue weighted by molar-refractivity contribution is 5.11. The van der Waals surface area contributed by atoms with Gasteiger partial charge in [0, 0.05) is 38.6 Å². The van der Waals surface area contributed by atoms with Gasteiger partial charge >= 0.3 is 0 Å². The highest BCUT2D eigenvalue weighted by Crippen LogP contribution is 1.83. The van der Waals surface area contributed by atoms with Crippen LogP contribution in [0.5, 0.6) is 0 Å². The largest absolute Gasteiger partial charge is 0.368 e. The van der Waals surface area contributed by atoms with E-state index in [0.717, 1.165) is 13.1 Å². The third-order valence-electron chi connectivity index (χ3n) is 1.93. The van der Waals surface area contributed by atoms with Crippen LogP contribution in [0.25, 0.3) is 0 Å². The maximum Gasteiger partial charge on any atom is 0.219 e. The molecule has 0 aromatic carbocycles. The number of nitrogens with one attached hydrogen (secondary N) is 1.